The third-order valence-corrected chi connectivity index (χ3v) is 6.21. The maximum Gasteiger partial charge on any atom is 0.363 e. The first kappa shape index (κ1) is 24.9. The number of hydrogen-bond donors (Lipinski definition) is 0. The van der Waals surface area contributed by atoms with E-state index >= 15 is 0 Å². The Morgan fingerprint density at radius 3 is 2.51 bits per heavy atom. The smallest absolute Gasteiger partial charge is 0.363 e. The van der Waals surface area contributed by atoms with E-state index in [1.807, 2.05) is 37.3 Å². The van der Waals surface area contributed by atoms with Crippen LogP contribution in [0.3, 0.4) is 0 Å². The van der Waals surface area contributed by atoms with Crippen molar-refractivity contribution in [3.8, 4) is 11.5 Å². The van der Waals surface area contributed by atoms with Gasteiger partial charge in [-0.25, -0.2) is 14.2 Å². The predicted octanol–water partition coefficient (Wildman–Crippen LogP) is 6.88. The zero-order valence-electron chi connectivity index (χ0n) is 19.7. The van der Waals surface area contributed by atoms with Gasteiger partial charge in [0.25, 0.3) is 0 Å². The molecule has 1 heterocycles. The zero-order valence-corrected chi connectivity index (χ0v) is 21.8. The fourth-order valence-electron chi connectivity index (χ4n) is 3.54. The van der Waals surface area contributed by atoms with E-state index in [1.54, 1.807) is 30.3 Å². The highest BCUT2D eigenvalue weighted by Crippen LogP contribution is 2.36. The van der Waals surface area contributed by atoms with Crippen LogP contribution >= 0.6 is 22.6 Å². The highest BCUT2D eigenvalue weighted by atomic mass is 127. The Hall–Kier alpha value is -3.20. The molecule has 0 fully saturated rings. The minimum absolute atomic E-state index is 0.0682. The number of halogens is 2. The quantitative estimate of drug-likeness (QED) is 0.164. The number of nitrogens with zero attached hydrogens (tertiary/aromatic N) is 1. The molecule has 0 spiro atoms. The molecule has 35 heavy (non-hydrogen) atoms. The van der Waals surface area contributed by atoms with Crippen LogP contribution in [0.25, 0.3) is 6.08 Å². The summed E-state index contributed by atoms with van der Waals surface area (Å²) in [4.78, 5) is 16.9. The predicted molar refractivity (Wildman–Crippen MR) is 142 cm³/mol. The van der Waals surface area contributed by atoms with E-state index in [9.17, 15) is 9.18 Å². The molecule has 0 aromatic heterocycles. The van der Waals surface area contributed by atoms with E-state index < -0.39 is 5.97 Å². The molecule has 3 aromatic carbocycles. The molecule has 1 aliphatic heterocycles. The highest BCUT2D eigenvalue weighted by Gasteiger charge is 2.24. The van der Waals surface area contributed by atoms with Crippen molar-refractivity contribution in [1.29, 1.82) is 0 Å². The van der Waals surface area contributed by atoms with E-state index in [1.165, 1.54) is 11.6 Å². The monoisotopic (exact) mass is 585 g/mol. The molecule has 0 saturated carbocycles. The molecule has 180 valence electrons. The minimum Gasteiger partial charge on any atom is -0.490 e. The van der Waals surface area contributed by atoms with E-state index in [2.05, 4.69) is 41.4 Å². The fraction of sp³-hybridized carbons (Fsp3) is 0.214. The van der Waals surface area contributed by atoms with Gasteiger partial charge in [0, 0.05) is 11.1 Å². The number of esters is 1. The van der Waals surface area contributed by atoms with Crippen molar-refractivity contribution >= 4 is 40.5 Å². The SMILES string of the molecule is CCOc1cc(/C=C2\N=C(c3ccc(C(C)C)cc3)OC2=O)cc(I)c1OCc1ccccc1F. The lowest BCUT2D eigenvalue weighted by Crippen LogP contribution is -2.05. The van der Waals surface area contributed by atoms with E-state index in [-0.39, 0.29) is 24.0 Å². The first-order valence-corrected chi connectivity index (χ1v) is 12.4. The van der Waals surface area contributed by atoms with E-state index in [4.69, 9.17) is 14.2 Å². The largest absolute Gasteiger partial charge is 0.490 e. The third kappa shape index (κ3) is 5.90. The van der Waals surface area contributed by atoms with Gasteiger partial charge in [0.1, 0.15) is 12.4 Å². The van der Waals surface area contributed by atoms with Crippen molar-refractivity contribution in [2.45, 2.75) is 33.3 Å². The lowest BCUT2D eigenvalue weighted by molar-refractivity contribution is -0.129. The van der Waals surface area contributed by atoms with Crippen LogP contribution in [0.4, 0.5) is 4.39 Å². The van der Waals surface area contributed by atoms with Crippen molar-refractivity contribution in [2.24, 2.45) is 4.99 Å². The lowest BCUT2D eigenvalue weighted by atomic mass is 10.0. The topological polar surface area (TPSA) is 57.1 Å². The Balaban J connectivity index is 1.60. The summed E-state index contributed by atoms with van der Waals surface area (Å²) >= 11 is 2.14. The summed E-state index contributed by atoms with van der Waals surface area (Å²) in [5.41, 5.74) is 3.31. The van der Waals surface area contributed by atoms with Crippen LogP contribution in [-0.4, -0.2) is 18.5 Å². The molecule has 0 bridgehead atoms. The minimum atomic E-state index is -0.513. The van der Waals surface area contributed by atoms with Crippen molar-refractivity contribution in [2.75, 3.05) is 6.61 Å². The van der Waals surface area contributed by atoms with Gasteiger partial charge in [-0.15, -0.1) is 0 Å². The summed E-state index contributed by atoms with van der Waals surface area (Å²) in [7, 11) is 0. The molecule has 1 aliphatic rings. The lowest BCUT2D eigenvalue weighted by Gasteiger charge is -2.15. The molecular formula is C28H25FINO4. The van der Waals surface area contributed by atoms with E-state index in [0.29, 0.717) is 35.2 Å². The summed E-state index contributed by atoms with van der Waals surface area (Å²) < 4.78 is 31.9. The van der Waals surface area contributed by atoms with Crippen LogP contribution in [0.1, 0.15) is 48.9 Å². The summed E-state index contributed by atoms with van der Waals surface area (Å²) in [5, 5.41) is 0. The molecule has 0 N–H and O–H groups in total. The standard InChI is InChI=1S/C28H25FINO4/c1-4-33-25-15-18(13-23(30)26(25)34-16-21-7-5-6-8-22(21)29)14-24-28(32)35-27(31-24)20-11-9-19(10-12-20)17(2)3/h5-15,17H,4,16H2,1-3H3/b24-14-. The molecule has 0 amide bonds. The van der Waals surface area contributed by atoms with Crippen molar-refractivity contribution in [3.63, 3.8) is 0 Å². The summed E-state index contributed by atoms with van der Waals surface area (Å²) in [6.45, 7) is 6.60. The molecule has 5 nitrogen and oxygen atoms in total. The molecular weight excluding hydrogens is 560 g/mol. The summed E-state index contributed by atoms with van der Waals surface area (Å²) in [5.74, 6) is 0.868. The van der Waals surface area contributed by atoms with Crippen molar-refractivity contribution in [3.05, 3.63) is 98.0 Å². The van der Waals surface area contributed by atoms with Crippen molar-refractivity contribution < 1.29 is 23.4 Å². The van der Waals surface area contributed by atoms with E-state index in [0.717, 1.165) is 9.13 Å². The van der Waals surface area contributed by atoms with Gasteiger partial charge >= 0.3 is 5.97 Å². The first-order valence-electron chi connectivity index (χ1n) is 11.3. The number of benzene rings is 3. The number of hydrogen-bond acceptors (Lipinski definition) is 5. The van der Waals surface area contributed by atoms with Crippen LogP contribution < -0.4 is 9.47 Å². The molecule has 7 heteroatoms. The van der Waals surface area contributed by atoms with Crippen LogP contribution in [0, 0.1) is 9.39 Å². The second-order valence-corrected chi connectivity index (χ2v) is 9.42. The average molecular weight is 585 g/mol. The molecule has 0 radical (unpaired) electrons. The summed E-state index contributed by atoms with van der Waals surface area (Å²) in [6.07, 6.45) is 1.66. The Morgan fingerprint density at radius 1 is 1.09 bits per heavy atom. The van der Waals surface area contributed by atoms with Gasteiger partial charge in [-0.05, 0) is 83.0 Å². The van der Waals surface area contributed by atoms with Gasteiger partial charge in [-0.3, -0.25) is 0 Å². The van der Waals surface area contributed by atoms with Crippen LogP contribution in [-0.2, 0) is 16.1 Å². The molecule has 0 saturated heterocycles. The average Bonchev–Trinajstić information content (AvgIpc) is 3.20. The molecule has 0 atom stereocenters. The van der Waals surface area contributed by atoms with Crippen LogP contribution in [0.15, 0.2) is 71.4 Å². The van der Waals surface area contributed by atoms with Gasteiger partial charge < -0.3 is 14.2 Å². The Kier molecular flexibility index (Phi) is 7.85. The number of ether oxygens (including phenoxy) is 3. The highest BCUT2D eigenvalue weighted by molar-refractivity contribution is 14.1. The zero-order chi connectivity index (χ0) is 24.9. The number of carbonyl (C=O) groups is 1. The normalized spacial score (nSPS) is 14.3. The first-order chi connectivity index (χ1) is 16.9. The fourth-order valence-corrected chi connectivity index (χ4v) is 4.32. The number of rotatable bonds is 8. The van der Waals surface area contributed by atoms with Crippen molar-refractivity contribution in [1.82, 2.24) is 0 Å². The van der Waals surface area contributed by atoms with Gasteiger partial charge in [0.2, 0.25) is 5.90 Å². The molecule has 3 aromatic rings. The maximum atomic E-state index is 14.0. The molecule has 0 unspecified atom stereocenters. The van der Waals surface area contributed by atoms with Gasteiger partial charge in [-0.2, -0.15) is 0 Å². The van der Waals surface area contributed by atoms with Crippen LogP contribution in [0.2, 0.25) is 0 Å². The van der Waals surface area contributed by atoms with Gasteiger partial charge in [-0.1, -0.05) is 44.2 Å². The molecule has 0 aliphatic carbocycles. The number of cyclic esters (lactones) is 1. The summed E-state index contributed by atoms with van der Waals surface area (Å²) in [6, 6.07) is 17.9. The van der Waals surface area contributed by atoms with Gasteiger partial charge in [0.05, 0.1) is 10.2 Å². The van der Waals surface area contributed by atoms with Crippen LogP contribution in [0.5, 0.6) is 11.5 Å². The Morgan fingerprint density at radius 2 is 1.83 bits per heavy atom. The second-order valence-electron chi connectivity index (χ2n) is 8.26. The number of aliphatic imine (C=N–C) groups is 1. The van der Waals surface area contributed by atoms with Gasteiger partial charge in [0.15, 0.2) is 17.2 Å². The Labute approximate surface area is 217 Å². The maximum absolute atomic E-state index is 14.0. The third-order valence-electron chi connectivity index (χ3n) is 5.41. The number of carbonyl (C=O) groups excluding carboxylic acids is 1. The Bertz CT molecular complexity index is 1300. The molecule has 4 rings (SSSR count). The second kappa shape index (κ2) is 11.0.